The van der Waals surface area contributed by atoms with Crippen molar-refractivity contribution in [3.05, 3.63) is 53.7 Å². The SMILES string of the molecule is C#CC(O)Cc1ccc(-c2ccc(C)cn2)cc1. The Morgan fingerprint density at radius 3 is 2.50 bits per heavy atom. The quantitative estimate of drug-likeness (QED) is 0.832. The molecule has 0 amide bonds. The highest BCUT2D eigenvalue weighted by atomic mass is 16.3. The molecule has 1 aromatic heterocycles. The molecule has 90 valence electrons. The minimum Gasteiger partial charge on any atom is -0.380 e. The van der Waals surface area contributed by atoms with Crippen molar-refractivity contribution in [3.63, 3.8) is 0 Å². The summed E-state index contributed by atoms with van der Waals surface area (Å²) in [6.07, 6.45) is 6.77. The van der Waals surface area contributed by atoms with Gasteiger partial charge in [-0.1, -0.05) is 36.3 Å². The fraction of sp³-hybridized carbons (Fsp3) is 0.188. The van der Waals surface area contributed by atoms with E-state index in [1.807, 2.05) is 49.5 Å². The lowest BCUT2D eigenvalue weighted by molar-refractivity contribution is 0.233. The predicted octanol–water partition coefficient (Wildman–Crippen LogP) is 2.59. The van der Waals surface area contributed by atoms with Gasteiger partial charge in [0.15, 0.2) is 0 Å². The summed E-state index contributed by atoms with van der Waals surface area (Å²) >= 11 is 0. The van der Waals surface area contributed by atoms with Crippen molar-refractivity contribution >= 4 is 0 Å². The Morgan fingerprint density at radius 1 is 1.22 bits per heavy atom. The molecular weight excluding hydrogens is 222 g/mol. The van der Waals surface area contributed by atoms with E-state index < -0.39 is 6.10 Å². The third kappa shape index (κ3) is 2.97. The van der Waals surface area contributed by atoms with Crippen LogP contribution in [-0.4, -0.2) is 16.2 Å². The smallest absolute Gasteiger partial charge is 0.118 e. The molecule has 0 saturated carbocycles. The zero-order chi connectivity index (χ0) is 13.0. The molecule has 0 aliphatic heterocycles. The Balaban J connectivity index is 2.17. The van der Waals surface area contributed by atoms with Crippen LogP contribution < -0.4 is 0 Å². The van der Waals surface area contributed by atoms with Crippen molar-refractivity contribution in [1.82, 2.24) is 4.98 Å². The van der Waals surface area contributed by atoms with Crippen LogP contribution in [0.5, 0.6) is 0 Å². The number of rotatable bonds is 3. The number of aliphatic hydroxyl groups excluding tert-OH is 1. The largest absolute Gasteiger partial charge is 0.380 e. The summed E-state index contributed by atoms with van der Waals surface area (Å²) in [5.74, 6) is 2.31. The van der Waals surface area contributed by atoms with E-state index in [4.69, 9.17) is 6.42 Å². The van der Waals surface area contributed by atoms with Crippen LogP contribution in [0.4, 0.5) is 0 Å². The lowest BCUT2D eigenvalue weighted by Crippen LogP contribution is -2.06. The maximum Gasteiger partial charge on any atom is 0.118 e. The zero-order valence-corrected chi connectivity index (χ0v) is 10.3. The van der Waals surface area contributed by atoms with Gasteiger partial charge in [0, 0.05) is 18.2 Å². The summed E-state index contributed by atoms with van der Waals surface area (Å²) in [4.78, 5) is 4.37. The highest BCUT2D eigenvalue weighted by Gasteiger charge is 2.03. The number of hydrogen-bond donors (Lipinski definition) is 1. The van der Waals surface area contributed by atoms with Gasteiger partial charge in [-0.3, -0.25) is 4.98 Å². The van der Waals surface area contributed by atoms with E-state index in [0.29, 0.717) is 6.42 Å². The van der Waals surface area contributed by atoms with Crippen LogP contribution >= 0.6 is 0 Å². The van der Waals surface area contributed by atoms with Gasteiger partial charge in [0.1, 0.15) is 6.10 Å². The molecule has 0 fully saturated rings. The van der Waals surface area contributed by atoms with Crippen LogP contribution in [-0.2, 0) is 6.42 Å². The van der Waals surface area contributed by atoms with Crippen LogP contribution in [0, 0.1) is 19.3 Å². The van der Waals surface area contributed by atoms with Gasteiger partial charge >= 0.3 is 0 Å². The maximum atomic E-state index is 9.38. The monoisotopic (exact) mass is 237 g/mol. The van der Waals surface area contributed by atoms with Crippen molar-refractivity contribution in [3.8, 4) is 23.6 Å². The van der Waals surface area contributed by atoms with Gasteiger partial charge in [-0.05, 0) is 24.1 Å². The molecule has 2 aromatic rings. The topological polar surface area (TPSA) is 33.1 Å². The molecule has 18 heavy (non-hydrogen) atoms. The fourth-order valence-electron chi connectivity index (χ4n) is 1.73. The van der Waals surface area contributed by atoms with Gasteiger partial charge in [0.05, 0.1) is 5.69 Å². The molecular formula is C16H15NO. The Labute approximate surface area is 107 Å². The summed E-state index contributed by atoms with van der Waals surface area (Å²) in [5, 5.41) is 9.38. The van der Waals surface area contributed by atoms with E-state index in [0.717, 1.165) is 22.4 Å². The number of terminal acetylenes is 1. The van der Waals surface area contributed by atoms with Crippen LogP contribution in [0.2, 0.25) is 0 Å². The van der Waals surface area contributed by atoms with Crippen molar-refractivity contribution in [1.29, 1.82) is 0 Å². The van der Waals surface area contributed by atoms with Crippen LogP contribution in [0.15, 0.2) is 42.6 Å². The first-order valence-corrected chi connectivity index (χ1v) is 5.85. The lowest BCUT2D eigenvalue weighted by Gasteiger charge is -2.05. The van der Waals surface area contributed by atoms with E-state index in [1.165, 1.54) is 0 Å². The summed E-state index contributed by atoms with van der Waals surface area (Å²) < 4.78 is 0. The Morgan fingerprint density at radius 2 is 1.94 bits per heavy atom. The first kappa shape index (κ1) is 12.3. The molecule has 0 saturated heterocycles. The highest BCUT2D eigenvalue weighted by molar-refractivity contribution is 5.59. The third-order valence-corrected chi connectivity index (χ3v) is 2.78. The highest BCUT2D eigenvalue weighted by Crippen LogP contribution is 2.18. The second kappa shape index (κ2) is 5.48. The summed E-state index contributed by atoms with van der Waals surface area (Å²) in [6, 6.07) is 12.0. The number of benzene rings is 1. The first-order chi connectivity index (χ1) is 8.69. The second-order valence-corrected chi connectivity index (χ2v) is 4.30. The molecule has 0 bridgehead atoms. The molecule has 2 nitrogen and oxygen atoms in total. The number of nitrogens with zero attached hydrogens (tertiary/aromatic N) is 1. The molecule has 1 atom stereocenters. The third-order valence-electron chi connectivity index (χ3n) is 2.78. The van der Waals surface area contributed by atoms with Crippen molar-refractivity contribution in [2.75, 3.05) is 0 Å². The fourth-order valence-corrected chi connectivity index (χ4v) is 1.73. The van der Waals surface area contributed by atoms with Crippen LogP contribution in [0.1, 0.15) is 11.1 Å². The average Bonchev–Trinajstić information content (AvgIpc) is 2.40. The van der Waals surface area contributed by atoms with Crippen molar-refractivity contribution in [2.45, 2.75) is 19.4 Å². The standard InChI is InChI=1S/C16H15NO/c1-3-15(18)10-13-5-7-14(8-6-13)16-9-4-12(2)11-17-16/h1,4-9,11,15,18H,10H2,2H3. The minimum atomic E-state index is -0.714. The number of pyridine rings is 1. The summed E-state index contributed by atoms with van der Waals surface area (Å²) in [5.41, 5.74) is 4.18. The molecule has 1 unspecified atom stereocenters. The molecule has 0 spiro atoms. The number of aromatic nitrogens is 1. The van der Waals surface area contributed by atoms with Gasteiger partial charge in [-0.15, -0.1) is 6.42 Å². The average molecular weight is 237 g/mol. The minimum absolute atomic E-state index is 0.484. The van der Waals surface area contributed by atoms with Gasteiger partial charge in [0.2, 0.25) is 0 Å². The van der Waals surface area contributed by atoms with E-state index in [9.17, 15) is 5.11 Å². The summed E-state index contributed by atoms with van der Waals surface area (Å²) in [6.45, 7) is 2.01. The predicted molar refractivity (Wildman–Crippen MR) is 73.0 cm³/mol. The Kier molecular flexibility index (Phi) is 3.76. The molecule has 0 radical (unpaired) electrons. The van der Waals surface area contributed by atoms with Crippen molar-refractivity contribution in [2.24, 2.45) is 0 Å². The van der Waals surface area contributed by atoms with Gasteiger partial charge < -0.3 is 5.11 Å². The normalized spacial score (nSPS) is 11.8. The van der Waals surface area contributed by atoms with Crippen LogP contribution in [0.25, 0.3) is 11.3 Å². The number of hydrogen-bond acceptors (Lipinski definition) is 2. The molecule has 0 aliphatic rings. The lowest BCUT2D eigenvalue weighted by atomic mass is 10.0. The van der Waals surface area contributed by atoms with Crippen molar-refractivity contribution < 1.29 is 5.11 Å². The molecule has 1 aromatic carbocycles. The molecule has 1 N–H and O–H groups in total. The van der Waals surface area contributed by atoms with E-state index in [-0.39, 0.29) is 0 Å². The Hall–Kier alpha value is -2.11. The van der Waals surface area contributed by atoms with E-state index in [2.05, 4.69) is 10.9 Å². The maximum absolute atomic E-state index is 9.38. The molecule has 2 heteroatoms. The Bertz CT molecular complexity index is 549. The van der Waals surface area contributed by atoms with Crippen LogP contribution in [0.3, 0.4) is 0 Å². The number of aliphatic hydroxyl groups is 1. The molecule has 2 rings (SSSR count). The molecule has 0 aliphatic carbocycles. The van der Waals surface area contributed by atoms with Gasteiger partial charge in [0.25, 0.3) is 0 Å². The number of aryl methyl sites for hydroxylation is 1. The van der Waals surface area contributed by atoms with Gasteiger partial charge in [-0.2, -0.15) is 0 Å². The molecule has 1 heterocycles. The zero-order valence-electron chi connectivity index (χ0n) is 10.3. The summed E-state index contributed by atoms with van der Waals surface area (Å²) in [7, 11) is 0. The second-order valence-electron chi connectivity index (χ2n) is 4.30. The van der Waals surface area contributed by atoms with E-state index in [1.54, 1.807) is 0 Å². The first-order valence-electron chi connectivity index (χ1n) is 5.85. The van der Waals surface area contributed by atoms with E-state index >= 15 is 0 Å². The van der Waals surface area contributed by atoms with Gasteiger partial charge in [-0.25, -0.2) is 0 Å².